The van der Waals surface area contributed by atoms with Crippen molar-refractivity contribution in [3.8, 4) is 0 Å². The minimum absolute atomic E-state index is 0.226. The van der Waals surface area contributed by atoms with Crippen molar-refractivity contribution in [1.29, 1.82) is 0 Å². The first-order valence-electron chi connectivity index (χ1n) is 5.23. The van der Waals surface area contributed by atoms with Crippen molar-refractivity contribution in [2.75, 3.05) is 0 Å². The lowest BCUT2D eigenvalue weighted by molar-refractivity contribution is 0.575. The maximum Gasteiger partial charge on any atom is 0.0532 e. The van der Waals surface area contributed by atoms with Crippen LogP contribution < -0.4 is 5.32 Å². The summed E-state index contributed by atoms with van der Waals surface area (Å²) < 4.78 is 0. The van der Waals surface area contributed by atoms with Crippen LogP contribution in [-0.4, -0.2) is 10.2 Å². The second-order valence-electron chi connectivity index (χ2n) is 3.73. The van der Waals surface area contributed by atoms with Crippen molar-refractivity contribution in [2.45, 2.75) is 19.5 Å². The molecule has 0 bridgehead atoms. The Hall–Kier alpha value is -1.32. The molecule has 0 aliphatic carbocycles. The zero-order chi connectivity index (χ0) is 11.4. The van der Waals surface area contributed by atoms with Crippen LogP contribution in [0.3, 0.4) is 0 Å². The fourth-order valence-electron chi connectivity index (χ4n) is 1.58. The maximum atomic E-state index is 6.12. The van der Waals surface area contributed by atoms with Gasteiger partial charge in [-0.1, -0.05) is 29.8 Å². The van der Waals surface area contributed by atoms with Crippen molar-refractivity contribution in [2.24, 2.45) is 0 Å². The van der Waals surface area contributed by atoms with E-state index in [1.807, 2.05) is 36.7 Å². The van der Waals surface area contributed by atoms with E-state index in [9.17, 15) is 0 Å². The molecule has 0 aliphatic heterocycles. The van der Waals surface area contributed by atoms with Gasteiger partial charge in [0.15, 0.2) is 0 Å². The van der Waals surface area contributed by atoms with E-state index in [-0.39, 0.29) is 6.04 Å². The molecule has 0 saturated carbocycles. The smallest absolute Gasteiger partial charge is 0.0532 e. The molecule has 1 atom stereocenters. The second kappa shape index (κ2) is 5.14. The summed E-state index contributed by atoms with van der Waals surface area (Å²) in [7, 11) is 0. The summed E-state index contributed by atoms with van der Waals surface area (Å²) in [6.07, 6.45) is 3.69. The van der Waals surface area contributed by atoms with Gasteiger partial charge in [-0.05, 0) is 18.6 Å². The molecule has 0 saturated heterocycles. The maximum absolute atomic E-state index is 6.12. The summed E-state index contributed by atoms with van der Waals surface area (Å²) in [6.45, 7) is 2.88. The molecule has 1 unspecified atom stereocenters. The Morgan fingerprint density at radius 1 is 1.44 bits per heavy atom. The number of hydrogen-bond acceptors (Lipinski definition) is 2. The number of aromatic amines is 1. The third-order valence-electron chi connectivity index (χ3n) is 2.54. The molecular weight excluding hydrogens is 222 g/mol. The fourth-order valence-corrected chi connectivity index (χ4v) is 1.88. The highest BCUT2D eigenvalue weighted by molar-refractivity contribution is 6.31. The molecular formula is C12H14ClN3. The van der Waals surface area contributed by atoms with Crippen LogP contribution in [0.4, 0.5) is 0 Å². The largest absolute Gasteiger partial charge is 0.306 e. The Bertz CT molecular complexity index is 439. The van der Waals surface area contributed by atoms with E-state index < -0.39 is 0 Å². The molecule has 0 radical (unpaired) electrons. The van der Waals surface area contributed by atoms with Gasteiger partial charge < -0.3 is 5.32 Å². The van der Waals surface area contributed by atoms with E-state index in [1.165, 1.54) is 0 Å². The number of halogens is 1. The predicted octanol–water partition coefficient (Wildman–Crippen LogP) is 2.91. The molecule has 1 aromatic carbocycles. The number of nitrogens with zero attached hydrogens (tertiary/aromatic N) is 1. The third-order valence-corrected chi connectivity index (χ3v) is 2.88. The molecule has 0 aliphatic rings. The van der Waals surface area contributed by atoms with Crippen molar-refractivity contribution in [3.05, 3.63) is 52.8 Å². The van der Waals surface area contributed by atoms with Gasteiger partial charge in [0.1, 0.15) is 0 Å². The van der Waals surface area contributed by atoms with Crippen LogP contribution in [0.25, 0.3) is 0 Å². The molecule has 84 valence electrons. The lowest BCUT2D eigenvalue weighted by Gasteiger charge is -2.14. The number of rotatable bonds is 4. The average Bonchev–Trinajstić information content (AvgIpc) is 2.79. The van der Waals surface area contributed by atoms with E-state index in [0.717, 1.165) is 22.7 Å². The molecule has 3 nitrogen and oxygen atoms in total. The molecule has 2 rings (SSSR count). The molecule has 1 heterocycles. The van der Waals surface area contributed by atoms with Gasteiger partial charge in [0, 0.05) is 29.4 Å². The van der Waals surface area contributed by atoms with Crippen LogP contribution >= 0.6 is 11.6 Å². The summed E-state index contributed by atoms with van der Waals surface area (Å²) in [4.78, 5) is 0. The van der Waals surface area contributed by atoms with Crippen molar-refractivity contribution in [3.63, 3.8) is 0 Å². The lowest BCUT2D eigenvalue weighted by atomic mass is 10.1. The normalized spacial score (nSPS) is 12.6. The van der Waals surface area contributed by atoms with Crippen LogP contribution in [0.1, 0.15) is 24.1 Å². The van der Waals surface area contributed by atoms with Gasteiger partial charge in [0.2, 0.25) is 0 Å². The highest BCUT2D eigenvalue weighted by Gasteiger charge is 2.08. The van der Waals surface area contributed by atoms with E-state index in [1.54, 1.807) is 0 Å². The minimum Gasteiger partial charge on any atom is -0.306 e. The molecule has 0 fully saturated rings. The van der Waals surface area contributed by atoms with Crippen LogP contribution in [0.2, 0.25) is 5.02 Å². The molecule has 1 aromatic heterocycles. The van der Waals surface area contributed by atoms with Gasteiger partial charge >= 0.3 is 0 Å². The SMILES string of the molecule is CC(NCc1cn[nH]c1)c1ccccc1Cl. The molecule has 0 spiro atoms. The fraction of sp³-hybridized carbons (Fsp3) is 0.250. The van der Waals surface area contributed by atoms with Gasteiger partial charge in [-0.15, -0.1) is 0 Å². The first-order chi connectivity index (χ1) is 7.77. The predicted molar refractivity (Wildman–Crippen MR) is 65.3 cm³/mol. The Morgan fingerprint density at radius 2 is 2.25 bits per heavy atom. The molecule has 16 heavy (non-hydrogen) atoms. The molecule has 4 heteroatoms. The average molecular weight is 236 g/mol. The van der Waals surface area contributed by atoms with E-state index >= 15 is 0 Å². The Labute approximate surface area is 99.8 Å². The topological polar surface area (TPSA) is 40.7 Å². The zero-order valence-electron chi connectivity index (χ0n) is 9.07. The summed E-state index contributed by atoms with van der Waals surface area (Å²) in [5.74, 6) is 0. The highest BCUT2D eigenvalue weighted by atomic mass is 35.5. The number of nitrogens with one attached hydrogen (secondary N) is 2. The first kappa shape index (κ1) is 11.2. The Kier molecular flexibility index (Phi) is 3.59. The first-order valence-corrected chi connectivity index (χ1v) is 5.60. The van der Waals surface area contributed by atoms with Crippen molar-refractivity contribution in [1.82, 2.24) is 15.5 Å². The molecule has 2 aromatic rings. The van der Waals surface area contributed by atoms with Crippen LogP contribution in [-0.2, 0) is 6.54 Å². The quantitative estimate of drug-likeness (QED) is 0.856. The monoisotopic (exact) mass is 235 g/mol. The minimum atomic E-state index is 0.226. The van der Waals surface area contributed by atoms with E-state index in [2.05, 4.69) is 22.4 Å². The van der Waals surface area contributed by atoms with Gasteiger partial charge in [0.25, 0.3) is 0 Å². The standard InChI is InChI=1S/C12H14ClN3/c1-9(11-4-2-3-5-12(11)13)14-6-10-7-15-16-8-10/h2-5,7-9,14H,6H2,1H3,(H,15,16). The van der Waals surface area contributed by atoms with E-state index in [4.69, 9.17) is 11.6 Å². The lowest BCUT2D eigenvalue weighted by Crippen LogP contribution is -2.18. The van der Waals surface area contributed by atoms with Crippen molar-refractivity contribution < 1.29 is 0 Å². The van der Waals surface area contributed by atoms with Gasteiger partial charge in [-0.3, -0.25) is 5.10 Å². The van der Waals surface area contributed by atoms with Crippen LogP contribution in [0.15, 0.2) is 36.7 Å². The summed E-state index contributed by atoms with van der Waals surface area (Å²) in [5, 5.41) is 10.9. The number of H-pyrrole nitrogens is 1. The summed E-state index contributed by atoms with van der Waals surface area (Å²) >= 11 is 6.12. The molecule has 2 N–H and O–H groups in total. The highest BCUT2D eigenvalue weighted by Crippen LogP contribution is 2.22. The zero-order valence-corrected chi connectivity index (χ0v) is 9.83. The van der Waals surface area contributed by atoms with Gasteiger partial charge in [-0.25, -0.2) is 0 Å². The van der Waals surface area contributed by atoms with Crippen molar-refractivity contribution >= 4 is 11.6 Å². The number of benzene rings is 1. The third kappa shape index (κ3) is 2.62. The van der Waals surface area contributed by atoms with Crippen LogP contribution in [0.5, 0.6) is 0 Å². The summed E-state index contributed by atoms with van der Waals surface area (Å²) in [6, 6.07) is 8.11. The van der Waals surface area contributed by atoms with Gasteiger partial charge in [-0.2, -0.15) is 5.10 Å². The number of aromatic nitrogens is 2. The molecule has 0 amide bonds. The van der Waals surface area contributed by atoms with E-state index in [0.29, 0.717) is 0 Å². The Morgan fingerprint density at radius 3 is 2.94 bits per heavy atom. The number of hydrogen-bond donors (Lipinski definition) is 2. The van der Waals surface area contributed by atoms with Gasteiger partial charge in [0.05, 0.1) is 6.20 Å². The van der Waals surface area contributed by atoms with Crippen LogP contribution in [0, 0.1) is 0 Å². The second-order valence-corrected chi connectivity index (χ2v) is 4.14. The summed E-state index contributed by atoms with van der Waals surface area (Å²) in [5.41, 5.74) is 2.26. The Balaban J connectivity index is 1.98.